The van der Waals surface area contributed by atoms with Crippen LogP contribution in [-0.4, -0.2) is 84.8 Å². The Morgan fingerprint density at radius 2 is 1.64 bits per heavy atom. The van der Waals surface area contributed by atoms with Gasteiger partial charge < -0.3 is 10.0 Å². The number of amides is 1. The topological polar surface area (TPSA) is 98.2 Å². The fourth-order valence-electron chi connectivity index (χ4n) is 3.65. The molecule has 0 saturated carbocycles. The maximum absolute atomic E-state index is 12.6. The number of piperidine rings is 1. The minimum atomic E-state index is -3.55. The summed E-state index contributed by atoms with van der Waals surface area (Å²) in [5.41, 5.74) is 0. The van der Waals surface area contributed by atoms with Crippen molar-refractivity contribution in [2.24, 2.45) is 0 Å². The number of carbonyl (C=O) groups is 2. The summed E-state index contributed by atoms with van der Waals surface area (Å²) in [6.45, 7) is 1.79. The van der Waals surface area contributed by atoms with E-state index in [0.29, 0.717) is 26.1 Å². The summed E-state index contributed by atoms with van der Waals surface area (Å²) in [6.07, 6.45) is 2.31. The van der Waals surface area contributed by atoms with E-state index in [4.69, 9.17) is 0 Å². The zero-order valence-electron chi connectivity index (χ0n) is 15.6. The van der Waals surface area contributed by atoms with Crippen LogP contribution in [0.4, 0.5) is 0 Å². The number of rotatable bonds is 5. The molecular weight excluding hydrogens is 406 g/mol. The molecule has 2 aliphatic heterocycles. The van der Waals surface area contributed by atoms with Crippen molar-refractivity contribution in [3.63, 3.8) is 0 Å². The van der Waals surface area contributed by atoms with Gasteiger partial charge in [0.1, 0.15) is 6.04 Å². The normalized spacial score (nSPS) is 21.7. The lowest BCUT2D eigenvalue weighted by Crippen LogP contribution is -2.54. The van der Waals surface area contributed by atoms with Gasteiger partial charge in [-0.1, -0.05) is 24.6 Å². The van der Waals surface area contributed by atoms with Gasteiger partial charge in [0.15, 0.2) is 0 Å². The zero-order valence-corrected chi connectivity index (χ0v) is 17.2. The number of sulfonamides is 1. The molecule has 0 bridgehead atoms. The molecule has 0 aliphatic carbocycles. The largest absolute Gasteiger partial charge is 0.480 e. The van der Waals surface area contributed by atoms with Crippen LogP contribution in [0.1, 0.15) is 19.3 Å². The molecule has 156 valence electrons. The van der Waals surface area contributed by atoms with Crippen LogP contribution in [0.15, 0.2) is 35.2 Å². The summed E-state index contributed by atoms with van der Waals surface area (Å²) in [6, 6.07) is 7.65. The Kier molecular flexibility index (Phi) is 7.82. The van der Waals surface area contributed by atoms with Crippen molar-refractivity contribution in [2.45, 2.75) is 30.2 Å². The molecule has 1 N–H and O–H groups in total. The fourth-order valence-corrected chi connectivity index (χ4v) is 5.10. The molecule has 0 radical (unpaired) electrons. The van der Waals surface area contributed by atoms with Crippen molar-refractivity contribution in [1.82, 2.24) is 14.1 Å². The van der Waals surface area contributed by atoms with E-state index in [2.05, 4.69) is 0 Å². The number of hydrogen-bond acceptors (Lipinski definition) is 5. The Hall–Kier alpha value is -1.68. The van der Waals surface area contributed by atoms with E-state index in [9.17, 15) is 23.1 Å². The van der Waals surface area contributed by atoms with Crippen molar-refractivity contribution in [3.05, 3.63) is 30.3 Å². The van der Waals surface area contributed by atoms with Gasteiger partial charge in [0.05, 0.1) is 11.4 Å². The summed E-state index contributed by atoms with van der Waals surface area (Å²) in [4.78, 5) is 27.6. The minimum absolute atomic E-state index is 0. The van der Waals surface area contributed by atoms with Gasteiger partial charge in [-0.3, -0.25) is 14.5 Å². The molecule has 1 atom stereocenters. The highest BCUT2D eigenvalue weighted by molar-refractivity contribution is 7.89. The number of nitrogens with zero attached hydrogens (tertiary/aromatic N) is 3. The Morgan fingerprint density at radius 1 is 1.00 bits per heavy atom. The number of carboxylic acid groups (broad SMARTS) is 1. The third kappa shape index (κ3) is 5.02. The third-order valence-electron chi connectivity index (χ3n) is 5.21. The first-order valence-electron chi connectivity index (χ1n) is 9.19. The maximum Gasteiger partial charge on any atom is 0.320 e. The van der Waals surface area contributed by atoms with Gasteiger partial charge in [0, 0.05) is 26.2 Å². The van der Waals surface area contributed by atoms with Crippen LogP contribution < -0.4 is 0 Å². The lowest BCUT2D eigenvalue weighted by molar-refractivity contribution is -0.146. The van der Waals surface area contributed by atoms with E-state index in [1.807, 2.05) is 0 Å². The number of carboxylic acids is 1. The molecule has 2 fully saturated rings. The predicted molar refractivity (Wildman–Crippen MR) is 106 cm³/mol. The van der Waals surface area contributed by atoms with E-state index in [0.717, 1.165) is 12.8 Å². The molecule has 8 nitrogen and oxygen atoms in total. The number of likely N-dealkylation sites (tertiary alicyclic amines) is 1. The first-order chi connectivity index (χ1) is 12.9. The molecule has 0 spiro atoms. The molecule has 0 aromatic heterocycles. The molecule has 1 amide bonds. The minimum Gasteiger partial charge on any atom is -0.480 e. The fraction of sp³-hybridized carbons (Fsp3) is 0.556. The first-order valence-corrected chi connectivity index (χ1v) is 10.6. The van der Waals surface area contributed by atoms with E-state index in [-0.39, 0.29) is 42.8 Å². The average Bonchev–Trinajstić information content (AvgIpc) is 2.69. The average molecular weight is 432 g/mol. The maximum atomic E-state index is 12.6. The Labute approximate surface area is 171 Å². The van der Waals surface area contributed by atoms with Gasteiger partial charge in [-0.05, 0) is 31.5 Å². The molecule has 2 heterocycles. The molecule has 2 saturated heterocycles. The van der Waals surface area contributed by atoms with Crippen LogP contribution in [0.3, 0.4) is 0 Å². The monoisotopic (exact) mass is 431 g/mol. The molecule has 10 heteroatoms. The lowest BCUT2D eigenvalue weighted by atomic mass is 10.0. The van der Waals surface area contributed by atoms with Crippen LogP contribution in [0.2, 0.25) is 0 Å². The third-order valence-corrected chi connectivity index (χ3v) is 7.12. The molecule has 1 aromatic rings. The Balaban J connectivity index is 0.00000280. The first kappa shape index (κ1) is 22.6. The molecule has 1 aromatic carbocycles. The van der Waals surface area contributed by atoms with Crippen LogP contribution in [-0.2, 0) is 19.6 Å². The number of hydrogen-bond donors (Lipinski definition) is 1. The number of benzene rings is 1. The number of aliphatic carboxylic acids is 1. The summed E-state index contributed by atoms with van der Waals surface area (Å²) < 4.78 is 26.7. The SMILES string of the molecule is Cl.O=C(O)C1CCCCN1CC(=O)N1CCN(S(=O)(=O)c2ccccc2)CC1. The van der Waals surface area contributed by atoms with Crippen LogP contribution in [0.25, 0.3) is 0 Å². The number of halogens is 1. The highest BCUT2D eigenvalue weighted by Gasteiger charge is 2.33. The summed E-state index contributed by atoms with van der Waals surface area (Å²) in [5, 5.41) is 9.32. The smallest absolute Gasteiger partial charge is 0.320 e. The Bertz CT molecular complexity index is 782. The van der Waals surface area contributed by atoms with Gasteiger partial charge in [-0.25, -0.2) is 8.42 Å². The van der Waals surface area contributed by atoms with E-state index >= 15 is 0 Å². The quantitative estimate of drug-likeness (QED) is 0.743. The van der Waals surface area contributed by atoms with Crippen molar-refractivity contribution >= 4 is 34.3 Å². The van der Waals surface area contributed by atoms with Crippen LogP contribution in [0.5, 0.6) is 0 Å². The van der Waals surface area contributed by atoms with Crippen molar-refractivity contribution in [1.29, 1.82) is 0 Å². The van der Waals surface area contributed by atoms with Crippen molar-refractivity contribution in [2.75, 3.05) is 39.3 Å². The molecule has 28 heavy (non-hydrogen) atoms. The Morgan fingerprint density at radius 3 is 2.25 bits per heavy atom. The van der Waals surface area contributed by atoms with Gasteiger partial charge in [0.2, 0.25) is 15.9 Å². The van der Waals surface area contributed by atoms with Gasteiger partial charge in [-0.15, -0.1) is 12.4 Å². The van der Waals surface area contributed by atoms with Crippen LogP contribution >= 0.6 is 12.4 Å². The van der Waals surface area contributed by atoms with Gasteiger partial charge in [0.25, 0.3) is 0 Å². The van der Waals surface area contributed by atoms with Gasteiger partial charge in [-0.2, -0.15) is 4.31 Å². The highest BCUT2D eigenvalue weighted by Crippen LogP contribution is 2.19. The second-order valence-corrected chi connectivity index (χ2v) is 8.86. The standard InChI is InChI=1S/C18H25N3O5S.ClH/c22-17(14-20-9-5-4-8-16(20)18(23)24)19-10-12-21(13-11-19)27(25,26)15-6-2-1-3-7-15;/h1-3,6-7,16H,4-5,8-14H2,(H,23,24);1H. The second kappa shape index (κ2) is 9.69. The number of piperazine rings is 1. The zero-order chi connectivity index (χ0) is 19.4. The van der Waals surface area contributed by atoms with E-state index in [1.165, 1.54) is 4.31 Å². The molecule has 1 unspecified atom stereocenters. The number of carbonyl (C=O) groups excluding carboxylic acids is 1. The van der Waals surface area contributed by atoms with Crippen molar-refractivity contribution < 1.29 is 23.1 Å². The van der Waals surface area contributed by atoms with E-state index in [1.54, 1.807) is 40.1 Å². The van der Waals surface area contributed by atoms with Crippen LogP contribution in [0, 0.1) is 0 Å². The van der Waals surface area contributed by atoms with E-state index < -0.39 is 22.0 Å². The lowest BCUT2D eigenvalue weighted by Gasteiger charge is -2.37. The van der Waals surface area contributed by atoms with Gasteiger partial charge >= 0.3 is 5.97 Å². The predicted octanol–water partition coefficient (Wildman–Crippen LogP) is 0.880. The second-order valence-electron chi connectivity index (χ2n) is 6.92. The molecular formula is C18H26ClN3O5S. The van der Waals surface area contributed by atoms with Crippen molar-refractivity contribution in [3.8, 4) is 0 Å². The molecule has 2 aliphatic rings. The molecule has 3 rings (SSSR count). The summed E-state index contributed by atoms with van der Waals surface area (Å²) in [7, 11) is -3.55. The summed E-state index contributed by atoms with van der Waals surface area (Å²) in [5.74, 6) is -1.03. The summed E-state index contributed by atoms with van der Waals surface area (Å²) >= 11 is 0. The highest BCUT2D eigenvalue weighted by atomic mass is 35.5.